The molecule has 1 aliphatic rings. The molecule has 30 heavy (non-hydrogen) atoms. The van der Waals surface area contributed by atoms with Crippen molar-refractivity contribution in [1.82, 2.24) is 4.90 Å². The first-order chi connectivity index (χ1) is 14.4. The van der Waals surface area contributed by atoms with Gasteiger partial charge in [-0.15, -0.1) is 0 Å². The Labute approximate surface area is 191 Å². The predicted octanol–water partition coefficient (Wildman–Crippen LogP) is 5.89. The van der Waals surface area contributed by atoms with Crippen LogP contribution in [-0.4, -0.2) is 36.3 Å². The molecule has 2 aromatic rings. The summed E-state index contributed by atoms with van der Waals surface area (Å²) in [6.45, 7) is 0.797. The molecule has 9 heteroatoms. The number of hydrogen-bond acceptors (Lipinski definition) is 5. The van der Waals surface area contributed by atoms with Crippen LogP contribution in [0.3, 0.4) is 0 Å². The van der Waals surface area contributed by atoms with Crippen LogP contribution in [-0.2, 0) is 16.1 Å². The highest BCUT2D eigenvalue weighted by Crippen LogP contribution is 2.38. The molecule has 1 heterocycles. The summed E-state index contributed by atoms with van der Waals surface area (Å²) in [6.07, 6.45) is 2.19. The number of amides is 2. The van der Waals surface area contributed by atoms with Crippen molar-refractivity contribution in [2.75, 3.05) is 20.3 Å². The van der Waals surface area contributed by atoms with Crippen LogP contribution in [0.15, 0.2) is 45.8 Å². The summed E-state index contributed by atoms with van der Waals surface area (Å²) < 4.78 is 25.0. The number of methoxy groups -OCH3 is 1. The van der Waals surface area contributed by atoms with E-state index in [1.165, 1.54) is 11.0 Å². The van der Waals surface area contributed by atoms with E-state index in [0.717, 1.165) is 11.8 Å². The Morgan fingerprint density at radius 2 is 2.03 bits per heavy atom. The van der Waals surface area contributed by atoms with E-state index in [1.54, 1.807) is 43.5 Å². The summed E-state index contributed by atoms with van der Waals surface area (Å²) >= 11 is 10.6. The normalized spacial score (nSPS) is 15.3. The predicted molar refractivity (Wildman–Crippen MR) is 119 cm³/mol. The molecule has 0 aliphatic carbocycles. The van der Waals surface area contributed by atoms with Gasteiger partial charge in [0.1, 0.15) is 12.4 Å². The molecule has 0 bridgehead atoms. The topological polar surface area (TPSA) is 55.8 Å². The minimum atomic E-state index is -0.359. The fourth-order valence-electron chi connectivity index (χ4n) is 2.78. The quantitative estimate of drug-likeness (QED) is 0.325. The van der Waals surface area contributed by atoms with E-state index in [2.05, 4.69) is 15.9 Å². The molecule has 1 saturated heterocycles. The number of imide groups is 1. The van der Waals surface area contributed by atoms with Gasteiger partial charge in [0.25, 0.3) is 11.1 Å². The lowest BCUT2D eigenvalue weighted by Crippen LogP contribution is -2.29. The Bertz CT molecular complexity index is 978. The first-order valence-corrected chi connectivity index (χ1v) is 11.0. The molecule has 0 radical (unpaired) electrons. The number of thioether (sulfide) groups is 1. The van der Waals surface area contributed by atoms with Crippen LogP contribution in [0.4, 0.5) is 9.18 Å². The van der Waals surface area contributed by atoms with Crippen LogP contribution in [0.2, 0.25) is 5.02 Å². The Balaban J connectivity index is 1.74. The Hall–Kier alpha value is -1.87. The molecule has 0 aromatic heterocycles. The Kier molecular flexibility index (Phi) is 7.93. The van der Waals surface area contributed by atoms with Crippen molar-refractivity contribution >= 4 is 56.5 Å². The van der Waals surface area contributed by atoms with Gasteiger partial charge in [-0.1, -0.05) is 29.8 Å². The van der Waals surface area contributed by atoms with Crippen LogP contribution in [0.25, 0.3) is 6.08 Å². The highest BCUT2D eigenvalue weighted by Gasteiger charge is 2.34. The number of carbonyl (C=O) groups is 2. The van der Waals surface area contributed by atoms with Gasteiger partial charge >= 0.3 is 0 Å². The molecule has 0 spiro atoms. The van der Waals surface area contributed by atoms with Gasteiger partial charge in [-0.3, -0.25) is 14.5 Å². The zero-order valence-electron chi connectivity index (χ0n) is 16.0. The summed E-state index contributed by atoms with van der Waals surface area (Å²) in [7, 11) is 1.57. The summed E-state index contributed by atoms with van der Waals surface area (Å²) in [5.74, 6) is -0.333. The maximum Gasteiger partial charge on any atom is 0.293 e. The van der Waals surface area contributed by atoms with Gasteiger partial charge in [-0.25, -0.2) is 4.39 Å². The third kappa shape index (κ3) is 5.43. The van der Waals surface area contributed by atoms with E-state index in [0.29, 0.717) is 50.8 Å². The van der Waals surface area contributed by atoms with E-state index in [9.17, 15) is 14.0 Å². The number of carbonyl (C=O) groups excluding carboxylic acids is 2. The highest BCUT2D eigenvalue weighted by atomic mass is 79.9. The van der Waals surface area contributed by atoms with Crippen molar-refractivity contribution in [3.8, 4) is 5.75 Å². The van der Waals surface area contributed by atoms with Crippen LogP contribution >= 0.6 is 39.3 Å². The third-order valence-electron chi connectivity index (χ3n) is 4.25. The van der Waals surface area contributed by atoms with Crippen molar-refractivity contribution in [1.29, 1.82) is 0 Å². The van der Waals surface area contributed by atoms with Crippen LogP contribution < -0.4 is 4.74 Å². The van der Waals surface area contributed by atoms with Gasteiger partial charge in [0, 0.05) is 25.8 Å². The number of ether oxygens (including phenoxy) is 2. The Morgan fingerprint density at radius 1 is 1.27 bits per heavy atom. The Morgan fingerprint density at radius 3 is 2.73 bits per heavy atom. The van der Waals surface area contributed by atoms with Crippen LogP contribution in [0.1, 0.15) is 17.5 Å². The van der Waals surface area contributed by atoms with Crippen molar-refractivity contribution < 1.29 is 23.5 Å². The van der Waals surface area contributed by atoms with Crippen LogP contribution in [0.5, 0.6) is 5.75 Å². The molecule has 1 fully saturated rings. The molecule has 158 valence electrons. The van der Waals surface area contributed by atoms with Crippen molar-refractivity contribution in [2.24, 2.45) is 0 Å². The average Bonchev–Trinajstić information content (AvgIpc) is 2.96. The smallest absolute Gasteiger partial charge is 0.293 e. The molecule has 3 rings (SSSR count). The van der Waals surface area contributed by atoms with Gasteiger partial charge in [0.05, 0.1) is 14.4 Å². The number of halogens is 3. The van der Waals surface area contributed by atoms with Gasteiger partial charge in [0.15, 0.2) is 5.75 Å². The minimum Gasteiger partial charge on any atom is -0.486 e. The van der Waals surface area contributed by atoms with Gasteiger partial charge < -0.3 is 9.47 Å². The summed E-state index contributed by atoms with van der Waals surface area (Å²) in [4.78, 5) is 26.2. The molecule has 2 amide bonds. The molecular formula is C21H18BrClFNO4S. The zero-order valence-corrected chi connectivity index (χ0v) is 19.2. The summed E-state index contributed by atoms with van der Waals surface area (Å²) in [5, 5.41) is -0.0105. The van der Waals surface area contributed by atoms with Gasteiger partial charge in [-0.05, 0) is 64.0 Å². The van der Waals surface area contributed by atoms with Crippen molar-refractivity contribution in [3.05, 3.63) is 67.7 Å². The van der Waals surface area contributed by atoms with E-state index >= 15 is 0 Å². The van der Waals surface area contributed by atoms with E-state index in [-0.39, 0.29) is 23.6 Å². The van der Waals surface area contributed by atoms with Gasteiger partial charge in [-0.2, -0.15) is 0 Å². The second-order valence-corrected chi connectivity index (χ2v) is 8.63. The molecule has 2 aromatic carbocycles. The van der Waals surface area contributed by atoms with E-state index in [4.69, 9.17) is 21.1 Å². The zero-order chi connectivity index (χ0) is 21.7. The van der Waals surface area contributed by atoms with E-state index in [1.807, 2.05) is 0 Å². The molecular weight excluding hydrogens is 497 g/mol. The fraction of sp³-hybridized carbons (Fsp3) is 0.238. The number of rotatable bonds is 8. The lowest BCUT2D eigenvalue weighted by molar-refractivity contribution is -0.122. The first-order valence-electron chi connectivity index (χ1n) is 9.00. The maximum absolute atomic E-state index is 13.8. The van der Waals surface area contributed by atoms with Crippen molar-refractivity contribution in [3.63, 3.8) is 0 Å². The standard InChI is InChI=1S/C21H18BrClFNO4S/c1-28-8-4-7-25-20(26)18(30-21(25)27)11-13-9-15(22)19(16(23)10-13)29-12-14-5-2-3-6-17(14)24/h2-3,5-6,9-11H,4,7-8,12H2,1H3/b18-11+. The van der Waals surface area contributed by atoms with E-state index < -0.39 is 0 Å². The molecule has 5 nitrogen and oxygen atoms in total. The minimum absolute atomic E-state index is 0.0186. The first kappa shape index (κ1) is 22.8. The summed E-state index contributed by atoms with van der Waals surface area (Å²) in [5.41, 5.74) is 1.04. The third-order valence-corrected chi connectivity index (χ3v) is 6.03. The molecule has 0 unspecified atom stereocenters. The van der Waals surface area contributed by atoms with Gasteiger partial charge in [0.2, 0.25) is 0 Å². The fourth-order valence-corrected chi connectivity index (χ4v) is 4.63. The second kappa shape index (κ2) is 10.4. The number of hydrogen-bond donors (Lipinski definition) is 0. The SMILES string of the molecule is COCCCN1C(=O)S/C(=C/c2cc(Cl)c(OCc3ccccc3F)c(Br)c2)C1=O. The van der Waals surface area contributed by atoms with Crippen molar-refractivity contribution in [2.45, 2.75) is 13.0 Å². The lowest BCUT2D eigenvalue weighted by atomic mass is 10.2. The maximum atomic E-state index is 13.8. The summed E-state index contributed by atoms with van der Waals surface area (Å²) in [6, 6.07) is 9.68. The monoisotopic (exact) mass is 513 g/mol. The average molecular weight is 515 g/mol. The molecule has 1 aliphatic heterocycles. The largest absolute Gasteiger partial charge is 0.486 e. The van der Waals surface area contributed by atoms with Crippen LogP contribution in [0, 0.1) is 5.82 Å². The second-order valence-electron chi connectivity index (χ2n) is 6.37. The highest BCUT2D eigenvalue weighted by molar-refractivity contribution is 9.10. The lowest BCUT2D eigenvalue weighted by Gasteiger charge is -2.12. The molecule has 0 saturated carbocycles. The molecule has 0 N–H and O–H groups in total. The number of benzene rings is 2. The number of nitrogens with zero attached hydrogens (tertiary/aromatic N) is 1. The molecule has 0 atom stereocenters.